The predicted molar refractivity (Wildman–Crippen MR) is 201 cm³/mol. The molecule has 6 rings (SSSR count). The Bertz CT molecular complexity index is 1960. The van der Waals surface area contributed by atoms with Crippen molar-refractivity contribution in [2.24, 2.45) is 0 Å². The SMILES string of the molecule is Cc1ccc(COc2ccc(Oc3c(C)cc(C=CC(=O)N4CCN(Cc5ccc(COc6ccc(F)cc6)cc5F)CC4)cc3Cl)nc2)cc1.Cl. The largest absolute Gasteiger partial charge is 0.489 e. The van der Waals surface area contributed by atoms with Gasteiger partial charge >= 0.3 is 0 Å². The lowest BCUT2D eigenvalue weighted by Gasteiger charge is -2.34. The number of benzene rings is 4. The van der Waals surface area contributed by atoms with Crippen molar-refractivity contribution in [3.05, 3.63) is 153 Å². The summed E-state index contributed by atoms with van der Waals surface area (Å²) in [5.41, 5.74) is 5.10. The highest BCUT2D eigenvalue weighted by Gasteiger charge is 2.21. The number of hydrogen-bond donors (Lipinski definition) is 0. The normalized spacial score (nSPS) is 13.1. The average molecular weight is 747 g/mol. The number of halogens is 4. The molecule has 4 aromatic carbocycles. The zero-order valence-electron chi connectivity index (χ0n) is 28.9. The Morgan fingerprint density at radius 3 is 2.17 bits per heavy atom. The molecule has 52 heavy (non-hydrogen) atoms. The number of carbonyl (C=O) groups excluding carboxylic acids is 1. The number of aromatic nitrogens is 1. The fourth-order valence-electron chi connectivity index (χ4n) is 5.60. The molecule has 0 spiro atoms. The number of aryl methyl sites for hydroxylation is 2. The predicted octanol–water partition coefficient (Wildman–Crippen LogP) is 9.36. The molecule has 1 saturated heterocycles. The summed E-state index contributed by atoms with van der Waals surface area (Å²) >= 11 is 6.60. The molecule has 2 heterocycles. The first-order chi connectivity index (χ1) is 24.7. The first-order valence-corrected chi connectivity index (χ1v) is 17.0. The van der Waals surface area contributed by atoms with Crippen LogP contribution in [0.1, 0.15) is 33.4 Å². The van der Waals surface area contributed by atoms with Crippen LogP contribution in [-0.2, 0) is 24.6 Å². The monoisotopic (exact) mass is 745 g/mol. The van der Waals surface area contributed by atoms with Crippen LogP contribution in [0, 0.1) is 25.5 Å². The van der Waals surface area contributed by atoms with Gasteiger partial charge in [0.2, 0.25) is 11.8 Å². The third kappa shape index (κ3) is 10.5. The molecule has 1 amide bonds. The second-order valence-corrected chi connectivity index (χ2v) is 12.9. The molecular weight excluding hydrogens is 707 g/mol. The van der Waals surface area contributed by atoms with Crippen LogP contribution in [0.4, 0.5) is 8.78 Å². The standard InChI is InChI=1S/C41H38ClF2N3O4.ClH/c1-28-3-5-30(6-4-28)26-50-36-14-15-39(45-24-36)51-41-29(2)21-31(22-37(41)42)8-16-40(48)47-19-17-46(18-20-47)25-33-9-7-32(23-38(33)44)27-49-35-12-10-34(43)11-13-35;/h3-16,21-24H,17-20,25-27H2,1-2H3;1H. The van der Waals surface area contributed by atoms with Gasteiger partial charge in [0.05, 0.1) is 11.2 Å². The molecule has 0 saturated carbocycles. The van der Waals surface area contributed by atoms with Gasteiger partial charge in [-0.25, -0.2) is 13.8 Å². The van der Waals surface area contributed by atoms with Crippen molar-refractivity contribution in [1.82, 2.24) is 14.8 Å². The lowest BCUT2D eigenvalue weighted by molar-refractivity contribution is -0.127. The molecule has 1 aliphatic heterocycles. The second kappa shape index (κ2) is 18.0. The van der Waals surface area contributed by atoms with E-state index in [9.17, 15) is 13.6 Å². The summed E-state index contributed by atoms with van der Waals surface area (Å²) in [7, 11) is 0. The maximum Gasteiger partial charge on any atom is 0.246 e. The second-order valence-electron chi connectivity index (χ2n) is 12.5. The first-order valence-electron chi connectivity index (χ1n) is 16.7. The van der Waals surface area contributed by atoms with Gasteiger partial charge in [-0.15, -0.1) is 12.4 Å². The highest BCUT2D eigenvalue weighted by molar-refractivity contribution is 6.32. The minimum absolute atomic E-state index is 0. The number of pyridine rings is 1. The third-order valence-corrected chi connectivity index (χ3v) is 8.81. The van der Waals surface area contributed by atoms with E-state index < -0.39 is 0 Å². The first kappa shape index (κ1) is 38.3. The summed E-state index contributed by atoms with van der Waals surface area (Å²) in [6.07, 6.45) is 4.90. The van der Waals surface area contributed by atoms with Crippen LogP contribution < -0.4 is 14.2 Å². The van der Waals surface area contributed by atoms with Gasteiger partial charge in [-0.3, -0.25) is 9.69 Å². The molecular formula is C41H39Cl2F2N3O4. The topological polar surface area (TPSA) is 64.1 Å². The van der Waals surface area contributed by atoms with Gasteiger partial charge in [0.1, 0.15) is 36.3 Å². The Morgan fingerprint density at radius 2 is 1.50 bits per heavy atom. The Balaban J connectivity index is 0.00000523. The van der Waals surface area contributed by atoms with Crippen LogP contribution >= 0.6 is 24.0 Å². The van der Waals surface area contributed by atoms with Gasteiger partial charge in [-0.2, -0.15) is 0 Å². The molecule has 7 nitrogen and oxygen atoms in total. The molecule has 1 fully saturated rings. The fourth-order valence-corrected chi connectivity index (χ4v) is 5.91. The number of hydrogen-bond acceptors (Lipinski definition) is 6. The van der Waals surface area contributed by atoms with Crippen LogP contribution in [0.5, 0.6) is 23.1 Å². The van der Waals surface area contributed by atoms with Gasteiger partial charge in [0, 0.05) is 50.4 Å². The molecule has 0 atom stereocenters. The van der Waals surface area contributed by atoms with Crippen LogP contribution in [0.3, 0.4) is 0 Å². The quantitative estimate of drug-likeness (QED) is 0.119. The average Bonchev–Trinajstić information content (AvgIpc) is 3.13. The van der Waals surface area contributed by atoms with Gasteiger partial charge in [0.15, 0.2) is 5.75 Å². The number of piperazine rings is 1. The van der Waals surface area contributed by atoms with E-state index in [-0.39, 0.29) is 36.6 Å². The highest BCUT2D eigenvalue weighted by Crippen LogP contribution is 2.34. The van der Waals surface area contributed by atoms with Crippen LogP contribution in [-0.4, -0.2) is 46.9 Å². The molecule has 11 heteroatoms. The highest BCUT2D eigenvalue weighted by atomic mass is 35.5. The summed E-state index contributed by atoms with van der Waals surface area (Å²) in [6, 6.07) is 26.1. The van der Waals surface area contributed by atoms with Gasteiger partial charge in [0.25, 0.3) is 0 Å². The molecule has 0 unspecified atom stereocenters. The maximum absolute atomic E-state index is 14.9. The van der Waals surface area contributed by atoms with Crippen LogP contribution in [0.2, 0.25) is 5.02 Å². The minimum atomic E-state index is -0.342. The maximum atomic E-state index is 14.9. The molecule has 1 aromatic heterocycles. The van der Waals surface area contributed by atoms with Crippen LogP contribution in [0.25, 0.3) is 6.08 Å². The van der Waals surface area contributed by atoms with Gasteiger partial charge in [-0.1, -0.05) is 53.6 Å². The molecule has 5 aromatic rings. The number of rotatable bonds is 12. The minimum Gasteiger partial charge on any atom is -0.489 e. The molecule has 0 bridgehead atoms. The molecule has 1 aliphatic rings. The summed E-state index contributed by atoms with van der Waals surface area (Å²) in [6.45, 7) is 7.31. The van der Waals surface area contributed by atoms with E-state index in [1.54, 1.807) is 47.5 Å². The van der Waals surface area contributed by atoms with Crippen molar-refractivity contribution >= 4 is 36.0 Å². The number of carbonyl (C=O) groups is 1. The molecule has 0 radical (unpaired) electrons. The van der Waals surface area contributed by atoms with E-state index in [4.69, 9.17) is 25.8 Å². The van der Waals surface area contributed by atoms with E-state index >= 15 is 0 Å². The summed E-state index contributed by atoms with van der Waals surface area (Å²) < 4.78 is 45.5. The zero-order valence-corrected chi connectivity index (χ0v) is 30.4. The van der Waals surface area contributed by atoms with Crippen molar-refractivity contribution in [3.63, 3.8) is 0 Å². The van der Waals surface area contributed by atoms with Crippen molar-refractivity contribution in [3.8, 4) is 23.1 Å². The number of nitrogens with zero attached hydrogens (tertiary/aromatic N) is 3. The lowest BCUT2D eigenvalue weighted by Crippen LogP contribution is -2.47. The molecule has 0 N–H and O–H groups in total. The third-order valence-electron chi connectivity index (χ3n) is 8.53. The smallest absolute Gasteiger partial charge is 0.246 e. The van der Waals surface area contributed by atoms with Crippen molar-refractivity contribution < 1.29 is 27.8 Å². The van der Waals surface area contributed by atoms with E-state index in [1.165, 1.54) is 35.9 Å². The summed E-state index contributed by atoms with van der Waals surface area (Å²) in [5.74, 6) is 1.26. The molecule has 0 aliphatic carbocycles. The Morgan fingerprint density at radius 1 is 0.827 bits per heavy atom. The Kier molecular flexibility index (Phi) is 13.2. The Labute approximate surface area is 313 Å². The van der Waals surface area contributed by atoms with E-state index in [0.29, 0.717) is 78.6 Å². The van der Waals surface area contributed by atoms with E-state index in [1.807, 2.05) is 50.2 Å². The van der Waals surface area contributed by atoms with Crippen molar-refractivity contribution in [1.29, 1.82) is 0 Å². The number of ether oxygens (including phenoxy) is 3. The zero-order chi connectivity index (χ0) is 35.7. The summed E-state index contributed by atoms with van der Waals surface area (Å²) in [5, 5.41) is 0.401. The van der Waals surface area contributed by atoms with Crippen molar-refractivity contribution in [2.75, 3.05) is 26.2 Å². The van der Waals surface area contributed by atoms with Crippen molar-refractivity contribution in [2.45, 2.75) is 33.6 Å². The Hall–Kier alpha value is -4.96. The fraction of sp³-hybridized carbons (Fsp3) is 0.220. The van der Waals surface area contributed by atoms with Gasteiger partial charge in [-0.05, 0) is 90.7 Å². The summed E-state index contributed by atoms with van der Waals surface area (Å²) in [4.78, 5) is 21.3. The van der Waals surface area contributed by atoms with Crippen LogP contribution in [0.15, 0.2) is 103 Å². The molecule has 270 valence electrons. The lowest BCUT2D eigenvalue weighted by atomic mass is 10.1. The van der Waals surface area contributed by atoms with E-state index in [0.717, 1.165) is 16.7 Å². The van der Waals surface area contributed by atoms with E-state index in [2.05, 4.69) is 9.88 Å². The number of amides is 1. The van der Waals surface area contributed by atoms with Gasteiger partial charge < -0.3 is 19.1 Å².